The van der Waals surface area contributed by atoms with Gasteiger partial charge in [-0.05, 0) is 28.8 Å². The topological polar surface area (TPSA) is 68.1 Å². The summed E-state index contributed by atoms with van der Waals surface area (Å²) in [4.78, 5) is 4.40. The van der Waals surface area contributed by atoms with Crippen LogP contribution in [0.25, 0.3) is 10.8 Å². The van der Waals surface area contributed by atoms with Crippen LogP contribution in [0.3, 0.4) is 0 Å². The van der Waals surface area contributed by atoms with E-state index in [4.69, 9.17) is 0 Å². The molecule has 1 aliphatic heterocycles. The highest BCUT2D eigenvalue weighted by Crippen LogP contribution is 2.28. The van der Waals surface area contributed by atoms with Crippen molar-refractivity contribution in [3.8, 4) is 0 Å². The fourth-order valence-corrected chi connectivity index (χ4v) is 4.54. The average molecular weight is 328 g/mol. The molecule has 1 aliphatic rings. The number of hydrogen-bond donors (Lipinski definition) is 0. The SMILES string of the molecule is CC1CN(S(=O)(=O)c2ccc3ccccc3c2)c2ncnn2C1. The van der Waals surface area contributed by atoms with Crippen LogP contribution in [0.2, 0.25) is 0 Å². The predicted octanol–water partition coefficient (Wildman–Crippen LogP) is 2.28. The lowest BCUT2D eigenvalue weighted by Gasteiger charge is -2.30. The van der Waals surface area contributed by atoms with Crippen LogP contribution in [0.5, 0.6) is 0 Å². The Balaban J connectivity index is 1.84. The Bertz CT molecular complexity index is 980. The van der Waals surface area contributed by atoms with E-state index < -0.39 is 10.0 Å². The molecular formula is C16H16N4O2S. The average Bonchev–Trinajstić information content (AvgIpc) is 3.01. The highest BCUT2D eigenvalue weighted by molar-refractivity contribution is 7.92. The van der Waals surface area contributed by atoms with Crippen LogP contribution in [-0.4, -0.2) is 29.7 Å². The standard InChI is InChI=1S/C16H16N4O2S/c1-12-9-19-16(17-11-18-19)20(10-12)23(21,22)15-7-6-13-4-2-3-5-14(13)8-15/h2-8,11-12H,9-10H2,1H3. The van der Waals surface area contributed by atoms with Gasteiger partial charge in [-0.15, -0.1) is 0 Å². The van der Waals surface area contributed by atoms with Crippen molar-refractivity contribution >= 4 is 26.7 Å². The number of hydrogen-bond acceptors (Lipinski definition) is 4. The molecule has 0 spiro atoms. The van der Waals surface area contributed by atoms with Gasteiger partial charge in [-0.3, -0.25) is 0 Å². The molecule has 1 aromatic heterocycles. The molecule has 2 aromatic carbocycles. The fourth-order valence-electron chi connectivity index (χ4n) is 2.96. The molecule has 1 unspecified atom stereocenters. The lowest BCUT2D eigenvalue weighted by atomic mass is 10.1. The van der Waals surface area contributed by atoms with Gasteiger partial charge in [0.15, 0.2) is 0 Å². The first kappa shape index (κ1) is 14.2. The molecule has 0 saturated carbocycles. The van der Waals surface area contributed by atoms with Crippen LogP contribution in [-0.2, 0) is 16.6 Å². The normalized spacial score (nSPS) is 18.1. The first-order valence-corrected chi connectivity index (χ1v) is 8.89. The molecule has 0 radical (unpaired) electrons. The van der Waals surface area contributed by atoms with E-state index in [1.807, 2.05) is 37.3 Å². The van der Waals surface area contributed by atoms with Crippen molar-refractivity contribution in [1.29, 1.82) is 0 Å². The molecule has 0 saturated heterocycles. The molecule has 1 atom stereocenters. The number of benzene rings is 2. The summed E-state index contributed by atoms with van der Waals surface area (Å²) in [5, 5.41) is 6.03. The van der Waals surface area contributed by atoms with Gasteiger partial charge in [-0.25, -0.2) is 17.4 Å². The number of fused-ring (bicyclic) bond motifs is 2. The minimum absolute atomic E-state index is 0.180. The zero-order chi connectivity index (χ0) is 16.0. The van der Waals surface area contributed by atoms with E-state index in [0.717, 1.165) is 10.8 Å². The maximum Gasteiger partial charge on any atom is 0.266 e. The molecule has 2 heterocycles. The molecule has 0 bridgehead atoms. The van der Waals surface area contributed by atoms with Gasteiger partial charge >= 0.3 is 0 Å². The summed E-state index contributed by atoms with van der Waals surface area (Å²) in [5.74, 6) is 0.565. The van der Waals surface area contributed by atoms with Gasteiger partial charge in [0, 0.05) is 13.1 Å². The van der Waals surface area contributed by atoms with Crippen LogP contribution < -0.4 is 4.31 Å². The third-order valence-electron chi connectivity index (χ3n) is 4.09. The third-order valence-corrected chi connectivity index (χ3v) is 5.83. The summed E-state index contributed by atoms with van der Waals surface area (Å²) in [5.41, 5.74) is 0. The lowest BCUT2D eigenvalue weighted by molar-refractivity contribution is 0.423. The van der Waals surface area contributed by atoms with Crippen molar-refractivity contribution in [2.45, 2.75) is 18.4 Å². The lowest BCUT2D eigenvalue weighted by Crippen LogP contribution is -2.41. The van der Waals surface area contributed by atoms with Gasteiger partial charge in [0.25, 0.3) is 10.0 Å². The molecule has 6 nitrogen and oxygen atoms in total. The second-order valence-electron chi connectivity index (χ2n) is 5.89. The van der Waals surface area contributed by atoms with Gasteiger partial charge in [0.2, 0.25) is 5.95 Å². The van der Waals surface area contributed by atoms with Gasteiger partial charge in [-0.2, -0.15) is 10.1 Å². The Labute approximate surface area is 134 Å². The van der Waals surface area contributed by atoms with E-state index >= 15 is 0 Å². The molecule has 7 heteroatoms. The first-order chi connectivity index (χ1) is 11.1. The van der Waals surface area contributed by atoms with E-state index in [0.29, 0.717) is 19.0 Å². The quantitative estimate of drug-likeness (QED) is 0.724. The number of nitrogens with zero attached hydrogens (tertiary/aromatic N) is 4. The number of aromatic nitrogens is 3. The van der Waals surface area contributed by atoms with Gasteiger partial charge in [0.1, 0.15) is 6.33 Å². The minimum Gasteiger partial charge on any atom is -0.234 e. The Kier molecular flexibility index (Phi) is 3.12. The summed E-state index contributed by atoms with van der Waals surface area (Å²) in [6.45, 7) is 3.10. The van der Waals surface area contributed by atoms with Crippen LogP contribution in [0.1, 0.15) is 6.92 Å². The Morgan fingerprint density at radius 1 is 1.09 bits per heavy atom. The van der Waals surface area contributed by atoms with Crippen LogP contribution in [0.15, 0.2) is 53.7 Å². The largest absolute Gasteiger partial charge is 0.266 e. The number of anilines is 1. The number of sulfonamides is 1. The van der Waals surface area contributed by atoms with Crippen molar-refractivity contribution in [1.82, 2.24) is 14.8 Å². The Hall–Kier alpha value is -2.41. The van der Waals surface area contributed by atoms with E-state index in [-0.39, 0.29) is 10.8 Å². The van der Waals surface area contributed by atoms with E-state index in [1.54, 1.807) is 16.8 Å². The zero-order valence-electron chi connectivity index (χ0n) is 12.6. The highest BCUT2D eigenvalue weighted by Gasteiger charge is 2.33. The summed E-state index contributed by atoms with van der Waals surface area (Å²) < 4.78 is 29.2. The maximum absolute atomic E-state index is 13.1. The molecule has 0 amide bonds. The Morgan fingerprint density at radius 3 is 2.70 bits per heavy atom. The highest BCUT2D eigenvalue weighted by atomic mass is 32.2. The summed E-state index contributed by atoms with van der Waals surface area (Å²) >= 11 is 0. The van der Waals surface area contributed by atoms with Crippen molar-refractivity contribution < 1.29 is 8.42 Å². The fraction of sp³-hybridized carbons (Fsp3) is 0.250. The van der Waals surface area contributed by atoms with E-state index in [2.05, 4.69) is 10.1 Å². The van der Waals surface area contributed by atoms with Crippen molar-refractivity contribution in [2.24, 2.45) is 5.92 Å². The second-order valence-corrected chi connectivity index (χ2v) is 7.75. The van der Waals surface area contributed by atoms with Crippen molar-refractivity contribution in [3.63, 3.8) is 0 Å². The molecule has 0 aliphatic carbocycles. The predicted molar refractivity (Wildman–Crippen MR) is 87.7 cm³/mol. The molecule has 0 fully saturated rings. The summed E-state index contributed by atoms with van der Waals surface area (Å²) in [6, 6.07) is 12.9. The molecule has 23 heavy (non-hydrogen) atoms. The maximum atomic E-state index is 13.1. The smallest absolute Gasteiger partial charge is 0.234 e. The van der Waals surface area contributed by atoms with Gasteiger partial charge in [0.05, 0.1) is 4.90 Å². The molecule has 118 valence electrons. The second kappa shape index (κ2) is 5.06. The molecule has 0 N–H and O–H groups in total. The van der Waals surface area contributed by atoms with Gasteiger partial charge < -0.3 is 0 Å². The van der Waals surface area contributed by atoms with Gasteiger partial charge in [-0.1, -0.05) is 37.3 Å². The monoisotopic (exact) mass is 328 g/mol. The summed E-state index contributed by atoms with van der Waals surface area (Å²) in [7, 11) is -3.66. The van der Waals surface area contributed by atoms with Crippen LogP contribution in [0.4, 0.5) is 5.95 Å². The summed E-state index contributed by atoms with van der Waals surface area (Å²) in [6.07, 6.45) is 1.40. The van der Waals surface area contributed by atoms with Crippen molar-refractivity contribution in [2.75, 3.05) is 10.8 Å². The Morgan fingerprint density at radius 2 is 1.87 bits per heavy atom. The van der Waals surface area contributed by atoms with Crippen molar-refractivity contribution in [3.05, 3.63) is 48.8 Å². The van der Waals surface area contributed by atoms with E-state index in [9.17, 15) is 8.42 Å². The first-order valence-electron chi connectivity index (χ1n) is 7.45. The van der Waals surface area contributed by atoms with E-state index in [1.165, 1.54) is 10.6 Å². The minimum atomic E-state index is -3.66. The zero-order valence-corrected chi connectivity index (χ0v) is 13.4. The van der Waals surface area contributed by atoms with Crippen LogP contribution in [0, 0.1) is 5.92 Å². The molecule has 4 rings (SSSR count). The van der Waals surface area contributed by atoms with Crippen LogP contribution >= 0.6 is 0 Å². The molecular weight excluding hydrogens is 312 g/mol. The third kappa shape index (κ3) is 2.28. The molecule has 3 aromatic rings. The number of rotatable bonds is 2.